The molecule has 1 aromatic carbocycles. The molecule has 3 rings (SSSR count). The van der Waals surface area contributed by atoms with Crippen LogP contribution >= 0.6 is 34.9 Å². The molecular formula is C18H17ClF3N5S2. The molecule has 5 nitrogen and oxygen atoms in total. The van der Waals surface area contributed by atoms with Crippen LogP contribution in [0.15, 0.2) is 29.6 Å². The summed E-state index contributed by atoms with van der Waals surface area (Å²) >= 11 is 7.30. The van der Waals surface area contributed by atoms with E-state index in [1.54, 1.807) is 12.1 Å². The molecule has 3 N–H and O–H groups in total. The topological polar surface area (TPSA) is 76.7 Å². The summed E-state index contributed by atoms with van der Waals surface area (Å²) in [5.74, 6) is 1.42. The number of nitrogens with zero attached hydrogens (tertiary/aromatic N) is 3. The Bertz CT molecular complexity index is 1010. The van der Waals surface area contributed by atoms with Crippen molar-refractivity contribution in [2.75, 3.05) is 10.5 Å². The second kappa shape index (κ2) is 8.76. The molecule has 0 aliphatic carbocycles. The van der Waals surface area contributed by atoms with Gasteiger partial charge in [-0.25, -0.2) is 15.0 Å². The fourth-order valence-corrected chi connectivity index (χ4v) is 3.92. The maximum atomic E-state index is 12.3. The predicted molar refractivity (Wildman–Crippen MR) is 114 cm³/mol. The molecule has 2 aromatic heterocycles. The van der Waals surface area contributed by atoms with Crippen molar-refractivity contribution >= 4 is 46.4 Å². The Balaban J connectivity index is 1.84. The molecule has 0 saturated carbocycles. The van der Waals surface area contributed by atoms with Crippen LogP contribution in [0.5, 0.6) is 0 Å². The van der Waals surface area contributed by atoms with Gasteiger partial charge in [0.15, 0.2) is 0 Å². The lowest BCUT2D eigenvalue weighted by Crippen LogP contribution is -2.04. The monoisotopic (exact) mass is 459 g/mol. The minimum Gasteiger partial charge on any atom is -0.384 e. The van der Waals surface area contributed by atoms with Crippen molar-refractivity contribution in [2.24, 2.45) is 5.92 Å². The molecule has 0 radical (unpaired) electrons. The van der Waals surface area contributed by atoms with Gasteiger partial charge in [0.05, 0.1) is 22.7 Å². The quantitative estimate of drug-likeness (QED) is 0.422. The molecule has 0 spiro atoms. The molecule has 0 unspecified atom stereocenters. The van der Waals surface area contributed by atoms with Crippen LogP contribution in [0.4, 0.5) is 24.7 Å². The van der Waals surface area contributed by atoms with Gasteiger partial charge in [-0.05, 0) is 24.1 Å². The lowest BCUT2D eigenvalue weighted by molar-refractivity contribution is -0.0323. The Hall–Kier alpha value is -2.04. The summed E-state index contributed by atoms with van der Waals surface area (Å²) in [6, 6.07) is 6.23. The zero-order valence-corrected chi connectivity index (χ0v) is 17.8. The third-order valence-corrected chi connectivity index (χ3v) is 5.38. The van der Waals surface area contributed by atoms with Gasteiger partial charge in [0.2, 0.25) is 0 Å². The number of alkyl halides is 3. The van der Waals surface area contributed by atoms with Crippen molar-refractivity contribution < 1.29 is 13.2 Å². The normalized spacial score (nSPS) is 11.8. The highest BCUT2D eigenvalue weighted by molar-refractivity contribution is 8.01. The van der Waals surface area contributed by atoms with Crippen molar-refractivity contribution in [1.29, 1.82) is 0 Å². The minimum absolute atomic E-state index is 0.249. The summed E-state index contributed by atoms with van der Waals surface area (Å²) < 4.78 is 39.2. The number of halogens is 4. The van der Waals surface area contributed by atoms with Crippen molar-refractivity contribution in [1.82, 2.24) is 15.0 Å². The predicted octanol–water partition coefficient (Wildman–Crippen LogP) is 6.28. The van der Waals surface area contributed by atoms with Gasteiger partial charge in [-0.3, -0.25) is 0 Å². The Labute approximate surface area is 179 Å². The van der Waals surface area contributed by atoms with Gasteiger partial charge in [-0.2, -0.15) is 13.2 Å². The maximum Gasteiger partial charge on any atom is 0.461 e. The van der Waals surface area contributed by atoms with Crippen molar-refractivity contribution in [3.05, 3.63) is 40.5 Å². The lowest BCUT2D eigenvalue weighted by Gasteiger charge is -2.09. The summed E-state index contributed by atoms with van der Waals surface area (Å²) in [5, 5.41) is 2.76. The highest BCUT2D eigenvalue weighted by atomic mass is 35.5. The molecule has 0 fully saturated rings. The number of anilines is 2. The number of hydrogen-bond acceptors (Lipinski definition) is 7. The molecular weight excluding hydrogens is 443 g/mol. The summed E-state index contributed by atoms with van der Waals surface area (Å²) in [5.41, 5.74) is 3.61. The summed E-state index contributed by atoms with van der Waals surface area (Å²) in [4.78, 5) is 13.4. The van der Waals surface area contributed by atoms with Crippen LogP contribution in [-0.2, 0) is 6.42 Å². The second-order valence-corrected chi connectivity index (χ2v) is 8.71. The van der Waals surface area contributed by atoms with E-state index in [0.29, 0.717) is 45.9 Å². The lowest BCUT2D eigenvalue weighted by atomic mass is 10.1. The molecule has 0 amide bonds. The number of nitrogens with two attached hydrogens (primary N) is 1. The van der Waals surface area contributed by atoms with E-state index in [0.717, 1.165) is 0 Å². The number of thiazole rings is 1. The first-order valence-electron chi connectivity index (χ1n) is 8.50. The van der Waals surface area contributed by atoms with Crippen molar-refractivity contribution in [3.8, 4) is 22.0 Å². The first-order valence-corrected chi connectivity index (χ1v) is 10.6. The van der Waals surface area contributed by atoms with Crippen LogP contribution in [0.2, 0.25) is 5.02 Å². The van der Waals surface area contributed by atoms with Crippen LogP contribution in [0.1, 0.15) is 19.7 Å². The molecule has 0 aliphatic rings. The van der Waals surface area contributed by atoms with Gasteiger partial charge >= 0.3 is 5.51 Å². The highest BCUT2D eigenvalue weighted by Gasteiger charge is 2.29. The molecule has 0 atom stereocenters. The summed E-state index contributed by atoms with van der Waals surface area (Å²) in [6.45, 7) is 4.14. The standard InChI is InChI=1S/C18H17ClF3N5S2/c1-9(2)5-16-24-13(7-15(23)26-16)17-25-14(8-28-17)11-4-3-10(6-12(11)19)27-29-18(20,21)22/h3-4,6-9,27H,5H2,1-2H3,(H2,23,24,26). The van der Waals surface area contributed by atoms with Gasteiger partial charge < -0.3 is 10.5 Å². The Kier molecular flexibility index (Phi) is 6.55. The molecule has 2 heterocycles. The second-order valence-electron chi connectivity index (χ2n) is 6.57. The van der Waals surface area contributed by atoms with E-state index in [1.165, 1.54) is 23.5 Å². The van der Waals surface area contributed by atoms with Gasteiger partial charge in [0.25, 0.3) is 0 Å². The smallest absolute Gasteiger partial charge is 0.384 e. The molecule has 154 valence electrons. The average Bonchev–Trinajstić information content (AvgIpc) is 3.08. The van der Waals surface area contributed by atoms with E-state index in [2.05, 4.69) is 33.5 Å². The fraction of sp³-hybridized carbons (Fsp3) is 0.278. The molecule has 0 bridgehead atoms. The Morgan fingerprint density at radius 3 is 2.59 bits per heavy atom. The van der Waals surface area contributed by atoms with Gasteiger partial charge in [0.1, 0.15) is 22.3 Å². The number of benzene rings is 1. The Morgan fingerprint density at radius 1 is 1.17 bits per heavy atom. The van der Waals surface area contributed by atoms with Crippen LogP contribution in [0, 0.1) is 5.92 Å². The zero-order chi connectivity index (χ0) is 21.2. The van der Waals surface area contributed by atoms with E-state index >= 15 is 0 Å². The van der Waals surface area contributed by atoms with Crippen LogP contribution in [-0.4, -0.2) is 20.5 Å². The highest BCUT2D eigenvalue weighted by Crippen LogP contribution is 2.36. The third kappa shape index (κ3) is 5.97. The largest absolute Gasteiger partial charge is 0.461 e. The molecule has 29 heavy (non-hydrogen) atoms. The van der Waals surface area contributed by atoms with Crippen LogP contribution in [0.3, 0.4) is 0 Å². The molecule has 3 aromatic rings. The average molecular weight is 460 g/mol. The van der Waals surface area contributed by atoms with Crippen molar-refractivity contribution in [3.63, 3.8) is 0 Å². The number of aromatic nitrogens is 3. The number of nitrogen functional groups attached to an aromatic ring is 1. The zero-order valence-electron chi connectivity index (χ0n) is 15.4. The van der Waals surface area contributed by atoms with E-state index in [-0.39, 0.29) is 22.7 Å². The van der Waals surface area contributed by atoms with E-state index in [9.17, 15) is 13.2 Å². The SMILES string of the molecule is CC(C)Cc1nc(N)cc(-c2nc(-c3ccc(NSC(F)(F)F)cc3Cl)cs2)n1. The fourth-order valence-electron chi connectivity index (χ4n) is 2.50. The van der Waals surface area contributed by atoms with E-state index < -0.39 is 5.51 Å². The summed E-state index contributed by atoms with van der Waals surface area (Å²) in [7, 11) is 0. The maximum absolute atomic E-state index is 12.3. The van der Waals surface area contributed by atoms with Crippen molar-refractivity contribution in [2.45, 2.75) is 25.8 Å². The third-order valence-electron chi connectivity index (χ3n) is 3.64. The van der Waals surface area contributed by atoms with Gasteiger partial charge in [-0.15, -0.1) is 11.3 Å². The van der Waals surface area contributed by atoms with Crippen LogP contribution < -0.4 is 10.5 Å². The minimum atomic E-state index is -4.39. The molecule has 0 saturated heterocycles. The summed E-state index contributed by atoms with van der Waals surface area (Å²) in [6.07, 6.45) is 0.701. The first-order chi connectivity index (χ1) is 13.6. The molecule has 11 heteroatoms. The van der Waals surface area contributed by atoms with E-state index in [1.807, 2.05) is 5.38 Å². The van der Waals surface area contributed by atoms with Crippen LogP contribution in [0.25, 0.3) is 22.0 Å². The van der Waals surface area contributed by atoms with Gasteiger partial charge in [0, 0.05) is 29.1 Å². The number of rotatable bonds is 6. The Morgan fingerprint density at radius 2 is 1.93 bits per heavy atom. The number of hydrogen-bond donors (Lipinski definition) is 2. The number of nitrogens with one attached hydrogen (secondary N) is 1. The first kappa shape index (κ1) is 21.7. The van der Waals surface area contributed by atoms with Gasteiger partial charge in [-0.1, -0.05) is 25.4 Å². The van der Waals surface area contributed by atoms with E-state index in [4.69, 9.17) is 17.3 Å². The molecule has 0 aliphatic heterocycles.